The molecule has 1 amide bonds. The highest BCUT2D eigenvalue weighted by Crippen LogP contribution is 2.62. The average molecular weight is 859 g/mol. The van der Waals surface area contributed by atoms with E-state index in [0.29, 0.717) is 38.3 Å². The molecule has 7 unspecified atom stereocenters. The molecule has 2 aromatic rings. The molecule has 3 aliphatic carbocycles. The van der Waals surface area contributed by atoms with Crippen LogP contribution in [-0.2, 0) is 19.1 Å². The molecule has 5 aliphatic rings. The van der Waals surface area contributed by atoms with Crippen molar-refractivity contribution in [1.82, 2.24) is 4.90 Å². The molecule has 2 saturated carbocycles. The standard InChI is InChI=1S/C50H70N2O8S/c1-4-27-52(46(55)26-19-35-14-6-7-15-35)45-34-43(51-60-47-18-10-13-31-56-47)41-32-36(16-8-11-28-53)40(17-9-12-29-54)48-42-33-38(58-37-20-23-39(61-3)24-21-37)22-25-44(42)59-50(45,49(41)48)57-30-5-2/h5,20-25,32-33,35-36,40,45,47-49,53-54H,2,4,6-19,26-31,34H2,1,3H3. The molecule has 0 spiro atoms. The molecule has 334 valence electrons. The number of fused-ring (bicyclic) bond motifs is 2. The first kappa shape index (κ1) is 45.7. The molecule has 1 saturated heterocycles. The molecule has 0 bridgehead atoms. The predicted molar refractivity (Wildman–Crippen MR) is 241 cm³/mol. The van der Waals surface area contributed by atoms with Crippen LogP contribution in [0.4, 0.5) is 0 Å². The first-order valence-corrected chi connectivity index (χ1v) is 24.6. The predicted octanol–water partition coefficient (Wildman–Crippen LogP) is 10.6. The van der Waals surface area contributed by atoms with Gasteiger partial charge in [-0.2, -0.15) is 0 Å². The summed E-state index contributed by atoms with van der Waals surface area (Å²) in [6, 6.07) is 13.8. The van der Waals surface area contributed by atoms with Gasteiger partial charge in [0.05, 0.1) is 24.8 Å². The fourth-order valence-corrected chi connectivity index (χ4v) is 11.3. The highest BCUT2D eigenvalue weighted by molar-refractivity contribution is 7.98. The van der Waals surface area contributed by atoms with Gasteiger partial charge in [-0.1, -0.05) is 62.8 Å². The van der Waals surface area contributed by atoms with Crippen molar-refractivity contribution in [2.45, 2.75) is 145 Å². The largest absolute Gasteiger partial charge is 0.459 e. The maximum atomic E-state index is 14.8. The fourth-order valence-electron chi connectivity index (χ4n) is 10.9. The number of amides is 1. The van der Waals surface area contributed by atoms with E-state index in [2.05, 4.69) is 48.9 Å². The Morgan fingerprint density at radius 1 is 0.984 bits per heavy atom. The normalized spacial score (nSPS) is 27.7. The van der Waals surface area contributed by atoms with E-state index >= 15 is 0 Å². The van der Waals surface area contributed by atoms with Crippen LogP contribution < -0.4 is 9.47 Å². The van der Waals surface area contributed by atoms with Gasteiger partial charge in [0.2, 0.25) is 18.0 Å². The zero-order valence-corrected chi connectivity index (χ0v) is 37.5. The quantitative estimate of drug-likeness (QED) is 0.0516. The summed E-state index contributed by atoms with van der Waals surface area (Å²) in [5.41, 5.74) is 2.89. The molecule has 2 aliphatic heterocycles. The van der Waals surface area contributed by atoms with Gasteiger partial charge in [0.15, 0.2) is 0 Å². The van der Waals surface area contributed by atoms with E-state index in [4.69, 9.17) is 28.9 Å². The van der Waals surface area contributed by atoms with Crippen LogP contribution in [-0.4, -0.2) is 84.1 Å². The summed E-state index contributed by atoms with van der Waals surface area (Å²) < 4.78 is 27.2. The first-order chi connectivity index (χ1) is 29.9. The number of rotatable bonds is 22. The van der Waals surface area contributed by atoms with E-state index in [1.807, 2.05) is 24.3 Å². The van der Waals surface area contributed by atoms with Crippen molar-refractivity contribution in [2.75, 3.05) is 39.2 Å². The van der Waals surface area contributed by atoms with Crippen LogP contribution >= 0.6 is 11.8 Å². The van der Waals surface area contributed by atoms with Crippen molar-refractivity contribution < 1.29 is 38.8 Å². The summed E-state index contributed by atoms with van der Waals surface area (Å²) in [4.78, 5) is 24.4. The number of benzene rings is 2. The Kier molecular flexibility index (Phi) is 16.7. The Labute approximate surface area is 368 Å². The van der Waals surface area contributed by atoms with Crippen LogP contribution in [0.3, 0.4) is 0 Å². The first-order valence-electron chi connectivity index (χ1n) is 23.4. The number of unbranched alkanes of at least 4 members (excludes halogenated alkanes) is 2. The topological polar surface area (TPSA) is 119 Å². The van der Waals surface area contributed by atoms with Crippen molar-refractivity contribution in [3.63, 3.8) is 0 Å². The van der Waals surface area contributed by atoms with Gasteiger partial charge in [0, 0.05) is 55.4 Å². The van der Waals surface area contributed by atoms with Crippen molar-refractivity contribution in [1.29, 1.82) is 0 Å². The summed E-state index contributed by atoms with van der Waals surface area (Å²) in [7, 11) is 0. The minimum atomic E-state index is -1.27. The van der Waals surface area contributed by atoms with E-state index in [1.165, 1.54) is 30.6 Å². The van der Waals surface area contributed by atoms with E-state index < -0.39 is 18.1 Å². The number of carbonyl (C=O) groups is 1. The van der Waals surface area contributed by atoms with Crippen LogP contribution in [0.2, 0.25) is 0 Å². The number of hydrogen-bond acceptors (Lipinski definition) is 10. The van der Waals surface area contributed by atoms with Crippen molar-refractivity contribution in [2.24, 2.45) is 28.8 Å². The molecule has 0 radical (unpaired) electrons. The SMILES string of the molecule is C=CCOC12Oc3ccc(Oc4ccc(SC)cc4)cc3C3C(CCCCO)C(CCCCO)C=C(C(=NOC4CCCCO4)CC1N(CCC)C(=O)CCC1CCCC1)C32. The van der Waals surface area contributed by atoms with Gasteiger partial charge in [0.1, 0.15) is 23.3 Å². The average Bonchev–Trinajstić information content (AvgIpc) is 3.82. The second kappa shape index (κ2) is 22.3. The zero-order chi connectivity index (χ0) is 42.6. The maximum Gasteiger partial charge on any atom is 0.239 e. The van der Waals surface area contributed by atoms with E-state index in [9.17, 15) is 15.0 Å². The lowest BCUT2D eigenvalue weighted by Gasteiger charge is -2.60. The third kappa shape index (κ3) is 10.7. The lowest BCUT2D eigenvalue weighted by Crippen LogP contribution is -2.70. The second-order valence-corrected chi connectivity index (χ2v) is 18.6. The van der Waals surface area contributed by atoms with Gasteiger partial charge in [-0.25, -0.2) is 0 Å². The van der Waals surface area contributed by atoms with E-state index in [1.54, 1.807) is 17.8 Å². The number of hydrogen-bond donors (Lipinski definition) is 2. The number of ether oxygens (including phenoxy) is 4. The minimum Gasteiger partial charge on any atom is -0.459 e. The molecular weight excluding hydrogens is 789 g/mol. The Bertz CT molecular complexity index is 1790. The maximum absolute atomic E-state index is 14.8. The number of nitrogens with zero attached hydrogens (tertiary/aromatic N) is 2. The third-order valence-corrected chi connectivity index (χ3v) is 14.5. The number of aliphatic hydroxyl groups excluding tert-OH is 2. The third-order valence-electron chi connectivity index (χ3n) is 13.8. The molecule has 0 aromatic heterocycles. The highest BCUT2D eigenvalue weighted by atomic mass is 32.2. The number of aliphatic hydroxyl groups is 2. The van der Waals surface area contributed by atoms with Crippen molar-refractivity contribution in [3.8, 4) is 17.2 Å². The lowest BCUT2D eigenvalue weighted by atomic mass is 9.55. The number of thioether (sulfide) groups is 1. The smallest absolute Gasteiger partial charge is 0.239 e. The number of carbonyl (C=O) groups excluding carboxylic acids is 1. The zero-order valence-electron chi connectivity index (χ0n) is 36.6. The summed E-state index contributed by atoms with van der Waals surface area (Å²) in [5.74, 6) is 1.43. The molecule has 2 aromatic carbocycles. The molecule has 11 heteroatoms. The number of allylic oxidation sites excluding steroid dienone is 1. The summed E-state index contributed by atoms with van der Waals surface area (Å²) >= 11 is 1.69. The fraction of sp³-hybridized carbons (Fsp3) is 0.640. The molecule has 3 fully saturated rings. The minimum absolute atomic E-state index is 0.121. The molecule has 7 rings (SSSR count). The molecular formula is C50H70N2O8S. The summed E-state index contributed by atoms with van der Waals surface area (Å²) in [5, 5.41) is 25.0. The van der Waals surface area contributed by atoms with Crippen LogP contribution in [0.15, 0.2) is 76.8 Å². The molecule has 61 heavy (non-hydrogen) atoms. The number of oxime groups is 1. The molecule has 7 atom stereocenters. The monoisotopic (exact) mass is 858 g/mol. The summed E-state index contributed by atoms with van der Waals surface area (Å²) in [6.45, 7) is 7.94. The Hall–Kier alpha value is -3.35. The van der Waals surface area contributed by atoms with Gasteiger partial charge < -0.3 is 38.9 Å². The van der Waals surface area contributed by atoms with Gasteiger partial charge in [0.25, 0.3) is 0 Å². The van der Waals surface area contributed by atoms with E-state index in [-0.39, 0.29) is 49.4 Å². The Morgan fingerprint density at radius 3 is 2.44 bits per heavy atom. The molecule has 2 heterocycles. The van der Waals surface area contributed by atoms with Crippen LogP contribution in [0.25, 0.3) is 0 Å². The van der Waals surface area contributed by atoms with Crippen LogP contribution in [0, 0.1) is 23.7 Å². The van der Waals surface area contributed by atoms with Crippen molar-refractivity contribution in [3.05, 3.63) is 72.3 Å². The van der Waals surface area contributed by atoms with Gasteiger partial charge in [-0.05, 0) is 123 Å². The summed E-state index contributed by atoms with van der Waals surface area (Å²) in [6.07, 6.45) is 20.9. The van der Waals surface area contributed by atoms with Crippen LogP contribution in [0.5, 0.6) is 17.2 Å². The van der Waals surface area contributed by atoms with E-state index in [0.717, 1.165) is 98.3 Å². The Morgan fingerprint density at radius 2 is 1.74 bits per heavy atom. The molecule has 2 N–H and O–H groups in total. The van der Waals surface area contributed by atoms with Crippen molar-refractivity contribution >= 4 is 23.4 Å². The second-order valence-electron chi connectivity index (χ2n) is 17.7. The lowest BCUT2D eigenvalue weighted by molar-refractivity contribution is -0.257. The van der Waals surface area contributed by atoms with Gasteiger partial charge in [-0.3, -0.25) is 4.79 Å². The van der Waals surface area contributed by atoms with Gasteiger partial charge >= 0.3 is 0 Å². The Balaban J connectivity index is 1.40. The molecule has 10 nitrogen and oxygen atoms in total. The van der Waals surface area contributed by atoms with Gasteiger partial charge in [-0.15, -0.1) is 18.3 Å². The highest BCUT2D eigenvalue weighted by Gasteiger charge is 2.65. The van der Waals surface area contributed by atoms with Crippen LogP contribution in [0.1, 0.15) is 128 Å².